The Hall–Kier alpha value is -3.21. The summed E-state index contributed by atoms with van der Waals surface area (Å²) in [5, 5.41) is 3.50. The summed E-state index contributed by atoms with van der Waals surface area (Å²) in [5.74, 6) is -0.161. The Balaban J connectivity index is 1.87. The van der Waals surface area contributed by atoms with Crippen molar-refractivity contribution in [3.63, 3.8) is 0 Å². The molecule has 1 aliphatic carbocycles. The maximum Gasteiger partial charge on any atom is 0.159 e. The van der Waals surface area contributed by atoms with Gasteiger partial charge in [0.1, 0.15) is 6.29 Å². The molecule has 0 saturated carbocycles. The number of hydrogen-bond donors (Lipinski definition) is 2. The Kier molecular flexibility index (Phi) is 4.82. The van der Waals surface area contributed by atoms with Crippen LogP contribution in [0.5, 0.6) is 0 Å². The number of carbonyl (C=O) groups excluding carboxylic acids is 2. The fourth-order valence-corrected chi connectivity index (χ4v) is 4.30. The first-order valence-electron chi connectivity index (χ1n) is 9.86. The number of anilines is 2. The van der Waals surface area contributed by atoms with Crippen LogP contribution in [0.1, 0.15) is 54.7 Å². The number of aromatic nitrogens is 2. The molecule has 1 unspecified atom stereocenters. The normalized spacial score (nSPS) is 17.4. The molecule has 1 aromatic carbocycles. The molecule has 29 heavy (non-hydrogen) atoms. The van der Waals surface area contributed by atoms with Crippen molar-refractivity contribution in [3.8, 4) is 11.3 Å². The van der Waals surface area contributed by atoms with Gasteiger partial charge in [0.2, 0.25) is 0 Å². The lowest BCUT2D eigenvalue weighted by Gasteiger charge is -2.33. The molecular weight excluding hydrogens is 362 g/mol. The van der Waals surface area contributed by atoms with E-state index in [1.54, 1.807) is 25.4 Å². The predicted octanol–water partition coefficient (Wildman–Crippen LogP) is 5.28. The minimum atomic E-state index is -0.181. The van der Waals surface area contributed by atoms with E-state index >= 15 is 0 Å². The number of hydrogen-bond acceptors (Lipinski definition) is 4. The maximum absolute atomic E-state index is 12.0. The van der Waals surface area contributed by atoms with E-state index < -0.39 is 0 Å². The lowest BCUT2D eigenvalue weighted by atomic mass is 9.71. The van der Waals surface area contributed by atoms with Crippen LogP contribution >= 0.6 is 0 Å². The molecule has 0 saturated heterocycles. The molecule has 1 atom stereocenters. The Morgan fingerprint density at radius 1 is 1.24 bits per heavy atom. The second kappa shape index (κ2) is 7.32. The van der Waals surface area contributed by atoms with Gasteiger partial charge in [0, 0.05) is 46.4 Å². The number of aromatic amines is 1. The third kappa shape index (κ3) is 3.73. The molecule has 5 nitrogen and oxygen atoms in total. The van der Waals surface area contributed by atoms with Crippen molar-refractivity contribution in [2.75, 3.05) is 5.32 Å². The highest BCUT2D eigenvalue weighted by atomic mass is 16.1. The molecule has 5 heteroatoms. The number of rotatable bonds is 5. The van der Waals surface area contributed by atoms with Gasteiger partial charge in [-0.1, -0.05) is 26.0 Å². The molecule has 3 aromatic rings. The van der Waals surface area contributed by atoms with E-state index in [1.165, 1.54) is 0 Å². The Labute approximate surface area is 170 Å². The lowest BCUT2D eigenvalue weighted by molar-refractivity contribution is -0.109. The molecule has 0 bridgehead atoms. The van der Waals surface area contributed by atoms with Crippen molar-refractivity contribution in [2.24, 2.45) is 5.41 Å². The summed E-state index contributed by atoms with van der Waals surface area (Å²) < 4.78 is 0. The number of H-pyrrole nitrogens is 1. The third-order valence-electron chi connectivity index (χ3n) is 5.59. The molecule has 0 radical (unpaired) electrons. The molecule has 0 aliphatic heterocycles. The minimum absolute atomic E-state index is 0.0200. The zero-order valence-corrected chi connectivity index (χ0v) is 17.0. The van der Waals surface area contributed by atoms with Crippen LogP contribution in [0.25, 0.3) is 11.3 Å². The largest absolute Gasteiger partial charge is 0.356 e. The number of fused-ring (bicyclic) bond motifs is 1. The number of aldehydes is 1. The second-order valence-electron chi connectivity index (χ2n) is 8.55. The summed E-state index contributed by atoms with van der Waals surface area (Å²) in [7, 11) is 0. The van der Waals surface area contributed by atoms with Crippen LogP contribution in [0.4, 0.5) is 11.4 Å². The standard InChI is InChI=1S/C24H25N3O2/c1-15(29)17-5-4-6-19(11-17)26-23-21-18(14-28)12-24(2,3)13-20(21)27-22(23)16-7-9-25-10-8-16/h4-11,14,18,26-27H,12-13H2,1-3H3. The summed E-state index contributed by atoms with van der Waals surface area (Å²) in [5.41, 5.74) is 6.49. The fourth-order valence-electron chi connectivity index (χ4n) is 4.30. The Bertz CT molecular complexity index is 1070. The molecule has 0 amide bonds. The van der Waals surface area contributed by atoms with E-state index in [1.807, 2.05) is 30.3 Å². The van der Waals surface area contributed by atoms with E-state index in [0.29, 0.717) is 5.56 Å². The molecule has 4 rings (SSSR count). The lowest BCUT2D eigenvalue weighted by Crippen LogP contribution is -2.26. The van der Waals surface area contributed by atoms with Gasteiger partial charge in [-0.2, -0.15) is 0 Å². The van der Waals surface area contributed by atoms with Gasteiger partial charge in [-0.15, -0.1) is 0 Å². The average molecular weight is 387 g/mol. The monoisotopic (exact) mass is 387 g/mol. The number of pyridine rings is 1. The minimum Gasteiger partial charge on any atom is -0.356 e. The fraction of sp³-hybridized carbons (Fsp3) is 0.292. The van der Waals surface area contributed by atoms with Gasteiger partial charge in [0.15, 0.2) is 5.78 Å². The molecule has 2 heterocycles. The van der Waals surface area contributed by atoms with Gasteiger partial charge in [0.25, 0.3) is 0 Å². The zero-order valence-electron chi connectivity index (χ0n) is 17.0. The molecule has 2 aromatic heterocycles. The molecular formula is C24H25N3O2. The van der Waals surface area contributed by atoms with Crippen molar-refractivity contribution < 1.29 is 9.59 Å². The summed E-state index contributed by atoms with van der Waals surface area (Å²) in [6.07, 6.45) is 6.26. The van der Waals surface area contributed by atoms with Gasteiger partial charge in [-0.25, -0.2) is 0 Å². The number of nitrogens with zero attached hydrogens (tertiary/aromatic N) is 1. The van der Waals surface area contributed by atoms with E-state index in [0.717, 1.165) is 53.0 Å². The summed E-state index contributed by atoms with van der Waals surface area (Å²) in [6.45, 7) is 5.95. The smallest absolute Gasteiger partial charge is 0.159 e. The third-order valence-corrected chi connectivity index (χ3v) is 5.59. The highest BCUT2D eigenvalue weighted by Gasteiger charge is 2.36. The van der Waals surface area contributed by atoms with Crippen LogP contribution < -0.4 is 5.32 Å². The van der Waals surface area contributed by atoms with Crippen LogP contribution in [0.3, 0.4) is 0 Å². The SMILES string of the molecule is CC(=O)c1cccc(Nc2c(-c3ccncc3)[nH]c3c2C(C=O)CC(C)(C)C3)c1. The van der Waals surface area contributed by atoms with Gasteiger partial charge >= 0.3 is 0 Å². The van der Waals surface area contributed by atoms with Crippen LogP contribution in [0.15, 0.2) is 48.8 Å². The first kappa shape index (κ1) is 19.1. The van der Waals surface area contributed by atoms with Crippen LogP contribution in [-0.2, 0) is 11.2 Å². The number of nitrogens with one attached hydrogen (secondary N) is 2. The van der Waals surface area contributed by atoms with Gasteiger partial charge in [-0.3, -0.25) is 9.78 Å². The summed E-state index contributed by atoms with van der Waals surface area (Å²) in [6, 6.07) is 11.4. The quantitative estimate of drug-likeness (QED) is 0.461. The van der Waals surface area contributed by atoms with Crippen molar-refractivity contribution in [3.05, 3.63) is 65.6 Å². The molecule has 148 valence electrons. The van der Waals surface area contributed by atoms with Crippen LogP contribution in [0, 0.1) is 5.41 Å². The Morgan fingerprint density at radius 3 is 2.69 bits per heavy atom. The molecule has 1 aliphatic rings. The van der Waals surface area contributed by atoms with E-state index in [-0.39, 0.29) is 17.1 Å². The average Bonchev–Trinajstić information content (AvgIpc) is 3.05. The second-order valence-corrected chi connectivity index (χ2v) is 8.55. The van der Waals surface area contributed by atoms with E-state index in [4.69, 9.17) is 0 Å². The van der Waals surface area contributed by atoms with Crippen LogP contribution in [-0.4, -0.2) is 22.0 Å². The molecule has 2 N–H and O–H groups in total. The van der Waals surface area contributed by atoms with E-state index in [2.05, 4.69) is 29.1 Å². The number of ketones is 1. The number of benzene rings is 1. The summed E-state index contributed by atoms with van der Waals surface area (Å²) in [4.78, 5) is 31.5. The van der Waals surface area contributed by atoms with Crippen LogP contribution in [0.2, 0.25) is 0 Å². The molecule has 0 spiro atoms. The van der Waals surface area contributed by atoms with Gasteiger partial charge in [0.05, 0.1) is 11.4 Å². The highest BCUT2D eigenvalue weighted by Crippen LogP contribution is 2.48. The van der Waals surface area contributed by atoms with Crippen molar-refractivity contribution in [2.45, 2.75) is 39.5 Å². The van der Waals surface area contributed by atoms with Gasteiger partial charge in [-0.05, 0) is 49.4 Å². The molecule has 0 fully saturated rings. The predicted molar refractivity (Wildman–Crippen MR) is 115 cm³/mol. The van der Waals surface area contributed by atoms with Crippen molar-refractivity contribution in [1.82, 2.24) is 9.97 Å². The number of Topliss-reactive ketones (excluding diaryl/α,β-unsaturated/α-hetero) is 1. The van der Waals surface area contributed by atoms with Crippen molar-refractivity contribution in [1.29, 1.82) is 0 Å². The number of carbonyl (C=O) groups is 2. The van der Waals surface area contributed by atoms with Crippen molar-refractivity contribution >= 4 is 23.4 Å². The maximum atomic E-state index is 12.0. The Morgan fingerprint density at radius 2 is 2.00 bits per heavy atom. The van der Waals surface area contributed by atoms with E-state index in [9.17, 15) is 9.59 Å². The highest BCUT2D eigenvalue weighted by molar-refractivity contribution is 5.95. The summed E-state index contributed by atoms with van der Waals surface area (Å²) >= 11 is 0. The topological polar surface area (TPSA) is 74.8 Å². The van der Waals surface area contributed by atoms with Gasteiger partial charge < -0.3 is 15.1 Å². The zero-order chi connectivity index (χ0) is 20.6. The first-order valence-corrected chi connectivity index (χ1v) is 9.86. The first-order chi connectivity index (χ1) is 13.9.